The van der Waals surface area contributed by atoms with Crippen molar-refractivity contribution in [2.75, 3.05) is 7.05 Å². The average Bonchev–Trinajstić information content (AvgIpc) is 2.36. The maximum absolute atomic E-state index is 12.5. The number of rotatable bonds is 3. The van der Waals surface area contributed by atoms with Gasteiger partial charge in [0.15, 0.2) is 0 Å². The minimum atomic E-state index is -3.43. The lowest BCUT2D eigenvalue weighted by atomic mass is 10.1. The molecular weight excluding hydrogens is 246 g/mol. The van der Waals surface area contributed by atoms with Crippen molar-refractivity contribution in [1.29, 1.82) is 0 Å². The van der Waals surface area contributed by atoms with Gasteiger partial charge in [-0.3, -0.25) is 0 Å². The van der Waals surface area contributed by atoms with Gasteiger partial charge in [0.1, 0.15) is 0 Å². The SMILES string of the molecule is CC(C)N(C)S(=O)(=O)c1cccc2ccccc12. The molecule has 0 fully saturated rings. The Bertz CT molecular complexity index is 657. The van der Waals surface area contributed by atoms with E-state index in [4.69, 9.17) is 0 Å². The Hall–Kier alpha value is -1.39. The molecule has 0 spiro atoms. The van der Waals surface area contributed by atoms with E-state index in [2.05, 4.69) is 0 Å². The Morgan fingerprint density at radius 3 is 2.28 bits per heavy atom. The van der Waals surface area contributed by atoms with Crippen LogP contribution in [-0.4, -0.2) is 25.8 Å². The third-order valence-electron chi connectivity index (χ3n) is 3.13. The lowest BCUT2D eigenvalue weighted by Gasteiger charge is -2.21. The third-order valence-corrected chi connectivity index (χ3v) is 5.23. The van der Waals surface area contributed by atoms with Gasteiger partial charge in [-0.25, -0.2) is 8.42 Å². The molecule has 0 aliphatic carbocycles. The zero-order chi connectivity index (χ0) is 13.3. The molecule has 0 unspecified atom stereocenters. The molecule has 2 aromatic rings. The first-order chi connectivity index (χ1) is 8.44. The summed E-state index contributed by atoms with van der Waals surface area (Å²) in [4.78, 5) is 0.372. The van der Waals surface area contributed by atoms with Crippen LogP contribution in [0.1, 0.15) is 13.8 Å². The quantitative estimate of drug-likeness (QED) is 0.854. The summed E-state index contributed by atoms with van der Waals surface area (Å²) in [7, 11) is -1.82. The molecule has 96 valence electrons. The summed E-state index contributed by atoms with van der Waals surface area (Å²) in [5, 5.41) is 1.71. The minimum absolute atomic E-state index is 0.0611. The van der Waals surface area contributed by atoms with E-state index in [0.29, 0.717) is 4.90 Å². The molecule has 0 saturated heterocycles. The van der Waals surface area contributed by atoms with E-state index in [9.17, 15) is 8.42 Å². The van der Waals surface area contributed by atoms with Gasteiger partial charge in [0.05, 0.1) is 4.90 Å². The Labute approximate surface area is 108 Å². The smallest absolute Gasteiger partial charge is 0.207 e. The van der Waals surface area contributed by atoms with E-state index in [1.54, 1.807) is 19.2 Å². The molecule has 2 rings (SSSR count). The summed E-state index contributed by atoms with van der Waals surface area (Å²) in [6, 6.07) is 12.8. The average molecular weight is 263 g/mol. The van der Waals surface area contributed by atoms with Crippen LogP contribution in [0.5, 0.6) is 0 Å². The molecule has 18 heavy (non-hydrogen) atoms. The van der Waals surface area contributed by atoms with Gasteiger partial charge in [0, 0.05) is 18.5 Å². The van der Waals surface area contributed by atoms with E-state index in [0.717, 1.165) is 10.8 Å². The fraction of sp³-hybridized carbons (Fsp3) is 0.286. The summed E-state index contributed by atoms with van der Waals surface area (Å²) in [5.74, 6) is 0. The number of hydrogen-bond acceptors (Lipinski definition) is 2. The van der Waals surface area contributed by atoms with Crippen LogP contribution >= 0.6 is 0 Å². The van der Waals surface area contributed by atoms with Crippen molar-refractivity contribution >= 4 is 20.8 Å². The van der Waals surface area contributed by atoms with E-state index < -0.39 is 10.0 Å². The molecule has 0 radical (unpaired) electrons. The second-order valence-electron chi connectivity index (χ2n) is 4.59. The number of hydrogen-bond donors (Lipinski definition) is 0. The predicted molar refractivity (Wildman–Crippen MR) is 74.0 cm³/mol. The van der Waals surface area contributed by atoms with Gasteiger partial charge in [-0.05, 0) is 25.3 Å². The number of benzene rings is 2. The minimum Gasteiger partial charge on any atom is -0.207 e. The lowest BCUT2D eigenvalue weighted by Crippen LogP contribution is -2.33. The summed E-state index contributed by atoms with van der Waals surface area (Å²) in [6.45, 7) is 3.73. The maximum Gasteiger partial charge on any atom is 0.243 e. The highest BCUT2D eigenvalue weighted by atomic mass is 32.2. The molecular formula is C14H17NO2S. The summed E-state index contributed by atoms with van der Waals surface area (Å²) in [6.07, 6.45) is 0. The molecule has 3 nitrogen and oxygen atoms in total. The monoisotopic (exact) mass is 263 g/mol. The molecule has 0 amide bonds. The zero-order valence-corrected chi connectivity index (χ0v) is 11.6. The third kappa shape index (κ3) is 2.13. The largest absolute Gasteiger partial charge is 0.243 e. The highest BCUT2D eigenvalue weighted by Gasteiger charge is 2.24. The normalized spacial score (nSPS) is 12.5. The molecule has 4 heteroatoms. The molecule has 0 heterocycles. The first-order valence-corrected chi connectivity index (χ1v) is 7.34. The van der Waals surface area contributed by atoms with Gasteiger partial charge < -0.3 is 0 Å². The molecule has 0 atom stereocenters. The van der Waals surface area contributed by atoms with Crippen LogP contribution in [0.25, 0.3) is 10.8 Å². The fourth-order valence-corrected chi connectivity index (χ4v) is 3.43. The first-order valence-electron chi connectivity index (χ1n) is 5.90. The van der Waals surface area contributed by atoms with E-state index in [1.807, 2.05) is 44.2 Å². The highest BCUT2D eigenvalue weighted by molar-refractivity contribution is 7.89. The Morgan fingerprint density at radius 2 is 1.61 bits per heavy atom. The van der Waals surface area contributed by atoms with E-state index in [-0.39, 0.29) is 6.04 Å². The van der Waals surface area contributed by atoms with E-state index >= 15 is 0 Å². The highest BCUT2D eigenvalue weighted by Crippen LogP contribution is 2.25. The van der Waals surface area contributed by atoms with E-state index in [1.165, 1.54) is 4.31 Å². The van der Waals surface area contributed by atoms with Gasteiger partial charge in [-0.15, -0.1) is 0 Å². The number of nitrogens with zero attached hydrogens (tertiary/aromatic N) is 1. The maximum atomic E-state index is 12.5. The van der Waals surface area contributed by atoms with Crippen LogP contribution in [0, 0.1) is 0 Å². The van der Waals surface area contributed by atoms with Crippen molar-refractivity contribution in [3.63, 3.8) is 0 Å². The summed E-state index contributed by atoms with van der Waals surface area (Å²) >= 11 is 0. The Kier molecular flexibility index (Phi) is 3.41. The molecule has 0 N–H and O–H groups in total. The van der Waals surface area contributed by atoms with Crippen LogP contribution < -0.4 is 0 Å². The van der Waals surface area contributed by atoms with Crippen LogP contribution in [0.2, 0.25) is 0 Å². The standard InChI is InChI=1S/C14H17NO2S/c1-11(2)15(3)18(16,17)14-10-6-8-12-7-4-5-9-13(12)14/h4-11H,1-3H3. The topological polar surface area (TPSA) is 37.4 Å². The number of fused-ring (bicyclic) bond motifs is 1. The second-order valence-corrected chi connectivity index (χ2v) is 6.56. The molecule has 2 aromatic carbocycles. The van der Waals surface area contributed by atoms with Gasteiger partial charge in [-0.2, -0.15) is 4.31 Å². The Balaban J connectivity index is 2.69. The van der Waals surface area contributed by atoms with Crippen molar-refractivity contribution < 1.29 is 8.42 Å². The van der Waals surface area contributed by atoms with Gasteiger partial charge in [0.25, 0.3) is 0 Å². The lowest BCUT2D eigenvalue weighted by molar-refractivity contribution is 0.411. The number of sulfonamides is 1. The molecule has 0 aromatic heterocycles. The second kappa shape index (κ2) is 4.71. The first kappa shape index (κ1) is 13.1. The van der Waals surface area contributed by atoms with Crippen molar-refractivity contribution in [2.24, 2.45) is 0 Å². The van der Waals surface area contributed by atoms with Crippen LogP contribution in [-0.2, 0) is 10.0 Å². The van der Waals surface area contributed by atoms with Crippen molar-refractivity contribution in [2.45, 2.75) is 24.8 Å². The van der Waals surface area contributed by atoms with Gasteiger partial charge >= 0.3 is 0 Å². The molecule has 0 aliphatic heterocycles. The predicted octanol–water partition coefficient (Wildman–Crippen LogP) is 2.87. The van der Waals surface area contributed by atoms with Crippen molar-refractivity contribution in [3.05, 3.63) is 42.5 Å². The molecule has 0 aliphatic rings. The van der Waals surface area contributed by atoms with Gasteiger partial charge in [-0.1, -0.05) is 36.4 Å². The zero-order valence-electron chi connectivity index (χ0n) is 10.8. The summed E-state index contributed by atoms with van der Waals surface area (Å²) < 4.78 is 26.4. The summed E-state index contributed by atoms with van der Waals surface area (Å²) in [5.41, 5.74) is 0. The van der Waals surface area contributed by atoms with Crippen LogP contribution in [0.15, 0.2) is 47.4 Å². The van der Waals surface area contributed by atoms with Crippen LogP contribution in [0.4, 0.5) is 0 Å². The van der Waals surface area contributed by atoms with Crippen molar-refractivity contribution in [1.82, 2.24) is 4.31 Å². The van der Waals surface area contributed by atoms with Gasteiger partial charge in [0.2, 0.25) is 10.0 Å². The van der Waals surface area contributed by atoms with Crippen molar-refractivity contribution in [3.8, 4) is 0 Å². The molecule has 0 bridgehead atoms. The fourth-order valence-electron chi connectivity index (χ4n) is 1.85. The Morgan fingerprint density at radius 1 is 1.00 bits per heavy atom. The van der Waals surface area contributed by atoms with Crippen LogP contribution in [0.3, 0.4) is 0 Å². The molecule has 0 saturated carbocycles.